The molecule has 0 aromatic heterocycles. The molecule has 0 aliphatic carbocycles. The molecule has 0 N–H and O–H groups in total. The lowest BCUT2D eigenvalue weighted by atomic mass is 10.1. The van der Waals surface area contributed by atoms with Crippen LogP contribution in [0.2, 0.25) is 5.02 Å². The number of cyclic esters (lactones) is 1. The van der Waals surface area contributed by atoms with Crippen LogP contribution >= 0.6 is 27.5 Å². The van der Waals surface area contributed by atoms with Crippen LogP contribution in [0.4, 0.5) is 0 Å². The van der Waals surface area contributed by atoms with Crippen molar-refractivity contribution in [3.05, 3.63) is 62.7 Å². The Bertz CT molecular complexity index is 908. The minimum atomic E-state index is -0.527. The van der Waals surface area contributed by atoms with Crippen molar-refractivity contribution in [3.8, 4) is 11.5 Å². The number of benzene rings is 2. The summed E-state index contributed by atoms with van der Waals surface area (Å²) in [6.45, 7) is 0. The van der Waals surface area contributed by atoms with E-state index in [0.29, 0.717) is 27.6 Å². The molecule has 0 atom stereocenters. The van der Waals surface area contributed by atoms with E-state index in [4.69, 9.17) is 25.8 Å². The Kier molecular flexibility index (Phi) is 5.11. The maximum absolute atomic E-state index is 12.1. The first-order valence-corrected chi connectivity index (χ1v) is 8.39. The van der Waals surface area contributed by atoms with E-state index in [-0.39, 0.29) is 11.6 Å². The van der Waals surface area contributed by atoms with Gasteiger partial charge in [-0.15, -0.1) is 0 Å². The number of hydrogen-bond acceptors (Lipinski definition) is 5. The number of methoxy groups -OCH3 is 2. The number of halogens is 2. The van der Waals surface area contributed by atoms with E-state index in [1.54, 1.807) is 18.2 Å². The Hall–Kier alpha value is -2.31. The highest BCUT2D eigenvalue weighted by atomic mass is 79.9. The topological polar surface area (TPSA) is 57.1 Å². The van der Waals surface area contributed by atoms with Gasteiger partial charge >= 0.3 is 5.97 Å². The minimum absolute atomic E-state index is 0.179. The van der Waals surface area contributed by atoms with Crippen LogP contribution < -0.4 is 9.47 Å². The van der Waals surface area contributed by atoms with E-state index in [9.17, 15) is 4.79 Å². The third-order valence-electron chi connectivity index (χ3n) is 3.45. The Morgan fingerprint density at radius 3 is 2.68 bits per heavy atom. The Morgan fingerprint density at radius 2 is 2.00 bits per heavy atom. The van der Waals surface area contributed by atoms with Crippen LogP contribution in [0.1, 0.15) is 11.1 Å². The molecule has 0 bridgehead atoms. The molecule has 1 heterocycles. The monoisotopic (exact) mass is 421 g/mol. The number of esters is 1. The molecule has 128 valence electrons. The first-order chi connectivity index (χ1) is 12.0. The Morgan fingerprint density at radius 1 is 1.20 bits per heavy atom. The molecular formula is C18H13BrClNO4. The SMILES string of the molecule is COc1cc(/C=C2\N=C(c3cccc(Br)c3)OC2=O)cc(Cl)c1OC. The molecule has 7 heteroatoms. The van der Waals surface area contributed by atoms with Crippen LogP contribution in [0.3, 0.4) is 0 Å². The summed E-state index contributed by atoms with van der Waals surface area (Å²) in [5.41, 5.74) is 1.53. The van der Waals surface area contributed by atoms with Gasteiger partial charge in [-0.05, 0) is 42.0 Å². The predicted molar refractivity (Wildman–Crippen MR) is 99.3 cm³/mol. The number of aliphatic imine (C=N–C) groups is 1. The summed E-state index contributed by atoms with van der Waals surface area (Å²) in [4.78, 5) is 16.4. The lowest BCUT2D eigenvalue weighted by molar-refractivity contribution is -0.129. The van der Waals surface area contributed by atoms with Crippen LogP contribution in [0.5, 0.6) is 11.5 Å². The molecule has 2 aromatic carbocycles. The largest absolute Gasteiger partial charge is 0.493 e. The highest BCUT2D eigenvalue weighted by Crippen LogP contribution is 2.37. The van der Waals surface area contributed by atoms with Gasteiger partial charge in [0.1, 0.15) is 0 Å². The third kappa shape index (κ3) is 3.70. The third-order valence-corrected chi connectivity index (χ3v) is 4.23. The lowest BCUT2D eigenvalue weighted by Gasteiger charge is -2.10. The molecule has 0 fully saturated rings. The van der Waals surface area contributed by atoms with Gasteiger partial charge in [-0.1, -0.05) is 33.6 Å². The summed E-state index contributed by atoms with van der Waals surface area (Å²) in [5, 5.41) is 0.372. The number of ether oxygens (including phenoxy) is 3. The quantitative estimate of drug-likeness (QED) is 0.539. The molecule has 3 rings (SSSR count). The zero-order valence-corrected chi connectivity index (χ0v) is 15.7. The molecule has 0 spiro atoms. The first-order valence-electron chi connectivity index (χ1n) is 7.22. The van der Waals surface area contributed by atoms with Crippen LogP contribution in [-0.2, 0) is 9.53 Å². The molecule has 1 aliphatic heterocycles. The van der Waals surface area contributed by atoms with Crippen LogP contribution in [0, 0.1) is 0 Å². The van der Waals surface area contributed by atoms with E-state index >= 15 is 0 Å². The van der Waals surface area contributed by atoms with Crippen molar-refractivity contribution in [3.63, 3.8) is 0 Å². The highest BCUT2D eigenvalue weighted by Gasteiger charge is 2.24. The lowest BCUT2D eigenvalue weighted by Crippen LogP contribution is -2.05. The molecule has 0 unspecified atom stereocenters. The molecule has 5 nitrogen and oxygen atoms in total. The van der Waals surface area contributed by atoms with Gasteiger partial charge in [-0.3, -0.25) is 0 Å². The minimum Gasteiger partial charge on any atom is -0.493 e. The summed E-state index contributed by atoms with van der Waals surface area (Å²) in [6.07, 6.45) is 1.58. The van der Waals surface area contributed by atoms with Crippen LogP contribution in [0.15, 0.2) is 51.6 Å². The highest BCUT2D eigenvalue weighted by molar-refractivity contribution is 9.10. The summed E-state index contributed by atoms with van der Waals surface area (Å²) >= 11 is 9.57. The van der Waals surface area contributed by atoms with Gasteiger partial charge in [0.05, 0.1) is 19.2 Å². The van der Waals surface area contributed by atoms with Gasteiger partial charge in [0.15, 0.2) is 17.2 Å². The standard InChI is InChI=1S/C18H13BrClNO4/c1-23-15-8-10(6-13(20)16(15)24-2)7-14-18(22)25-17(21-14)11-4-3-5-12(19)9-11/h3-9H,1-2H3/b14-7-. The van der Waals surface area contributed by atoms with Crippen LogP contribution in [-0.4, -0.2) is 26.1 Å². The van der Waals surface area contributed by atoms with E-state index in [1.807, 2.05) is 24.3 Å². The number of carbonyl (C=O) groups excluding carboxylic acids is 1. The van der Waals surface area contributed by atoms with E-state index < -0.39 is 5.97 Å². The Balaban J connectivity index is 1.98. The predicted octanol–water partition coefficient (Wildman–Crippen LogP) is 4.46. The number of nitrogens with zero attached hydrogens (tertiary/aromatic N) is 1. The van der Waals surface area contributed by atoms with Crippen molar-refractivity contribution in [1.29, 1.82) is 0 Å². The van der Waals surface area contributed by atoms with Crippen molar-refractivity contribution >= 4 is 45.5 Å². The maximum Gasteiger partial charge on any atom is 0.363 e. The first kappa shape index (κ1) is 17.5. The molecule has 0 saturated carbocycles. The molecule has 1 aliphatic rings. The van der Waals surface area contributed by atoms with Crippen molar-refractivity contribution in [1.82, 2.24) is 0 Å². The summed E-state index contributed by atoms with van der Waals surface area (Å²) in [6, 6.07) is 10.7. The van der Waals surface area contributed by atoms with E-state index in [0.717, 1.165) is 4.47 Å². The summed E-state index contributed by atoms with van der Waals surface area (Å²) in [7, 11) is 3.02. The zero-order valence-electron chi connectivity index (χ0n) is 13.4. The fraction of sp³-hybridized carbons (Fsp3) is 0.111. The summed E-state index contributed by atoms with van der Waals surface area (Å²) in [5.74, 6) is 0.619. The normalized spacial score (nSPS) is 15.1. The van der Waals surface area contributed by atoms with Gasteiger partial charge in [-0.25, -0.2) is 9.79 Å². The number of carbonyl (C=O) groups is 1. The van der Waals surface area contributed by atoms with Crippen LogP contribution in [0.25, 0.3) is 6.08 Å². The Labute approximate surface area is 158 Å². The van der Waals surface area contributed by atoms with Crippen molar-refractivity contribution in [2.45, 2.75) is 0 Å². The summed E-state index contributed by atoms with van der Waals surface area (Å²) < 4.78 is 16.6. The van der Waals surface area contributed by atoms with Gasteiger partial charge < -0.3 is 14.2 Å². The molecule has 25 heavy (non-hydrogen) atoms. The van der Waals surface area contributed by atoms with Gasteiger partial charge in [0, 0.05) is 10.0 Å². The van der Waals surface area contributed by atoms with E-state index in [2.05, 4.69) is 20.9 Å². The zero-order chi connectivity index (χ0) is 18.0. The molecule has 2 aromatic rings. The van der Waals surface area contributed by atoms with Crippen molar-refractivity contribution in [2.24, 2.45) is 4.99 Å². The van der Waals surface area contributed by atoms with Crippen molar-refractivity contribution in [2.75, 3.05) is 14.2 Å². The molecule has 0 amide bonds. The fourth-order valence-corrected chi connectivity index (χ4v) is 3.03. The average molecular weight is 423 g/mol. The van der Waals surface area contributed by atoms with Gasteiger partial charge in [0.2, 0.25) is 5.90 Å². The average Bonchev–Trinajstić information content (AvgIpc) is 2.95. The number of rotatable bonds is 4. The smallest absolute Gasteiger partial charge is 0.363 e. The fourth-order valence-electron chi connectivity index (χ4n) is 2.33. The van der Waals surface area contributed by atoms with E-state index in [1.165, 1.54) is 14.2 Å². The second kappa shape index (κ2) is 7.29. The molecular weight excluding hydrogens is 410 g/mol. The van der Waals surface area contributed by atoms with Gasteiger partial charge in [-0.2, -0.15) is 0 Å². The maximum atomic E-state index is 12.1. The van der Waals surface area contributed by atoms with Crippen molar-refractivity contribution < 1.29 is 19.0 Å². The molecule has 0 saturated heterocycles. The van der Waals surface area contributed by atoms with Gasteiger partial charge in [0.25, 0.3) is 0 Å². The molecule has 0 radical (unpaired) electrons. The second-order valence-corrected chi connectivity index (χ2v) is 6.41. The number of hydrogen-bond donors (Lipinski definition) is 0. The second-order valence-electron chi connectivity index (χ2n) is 5.08.